The zero-order valence-electron chi connectivity index (χ0n) is 7.30. The van der Waals surface area contributed by atoms with Crippen LogP contribution in [0.2, 0.25) is 0 Å². The van der Waals surface area contributed by atoms with Crippen LogP contribution >= 0.6 is 0 Å². The molecule has 2 N–H and O–H groups in total. The molecule has 13 heavy (non-hydrogen) atoms. The lowest BCUT2D eigenvalue weighted by atomic mass is 10.1. The first kappa shape index (κ1) is 10.7. The molecule has 6 heteroatoms. The molecule has 1 rings (SSSR count). The van der Waals surface area contributed by atoms with Gasteiger partial charge in [-0.3, -0.25) is 4.90 Å². The van der Waals surface area contributed by atoms with Crippen molar-refractivity contribution in [3.63, 3.8) is 0 Å². The van der Waals surface area contributed by atoms with Gasteiger partial charge in [0.15, 0.2) is 6.10 Å². The zero-order chi connectivity index (χ0) is 10.1. The van der Waals surface area contributed by atoms with E-state index in [-0.39, 0.29) is 12.6 Å². The average Bonchev–Trinajstić information content (AvgIpc) is 1.93. The van der Waals surface area contributed by atoms with Gasteiger partial charge in [-0.2, -0.15) is 13.2 Å². The molecule has 0 spiro atoms. The number of hydrogen-bond donors (Lipinski definition) is 2. The average molecular weight is 198 g/mol. The highest BCUT2D eigenvalue weighted by Crippen LogP contribution is 2.22. The number of aliphatic hydroxyl groups is 1. The Labute approximate surface area is 74.5 Å². The highest BCUT2D eigenvalue weighted by molar-refractivity contribution is 4.86. The van der Waals surface area contributed by atoms with Gasteiger partial charge in [0, 0.05) is 25.7 Å². The molecule has 1 aliphatic rings. The molecule has 0 aromatic heterocycles. The Kier molecular flexibility index (Phi) is 3.15. The van der Waals surface area contributed by atoms with Crippen molar-refractivity contribution in [3.8, 4) is 0 Å². The van der Waals surface area contributed by atoms with Crippen molar-refractivity contribution >= 4 is 0 Å². The molecule has 1 atom stereocenters. The van der Waals surface area contributed by atoms with Crippen molar-refractivity contribution in [3.05, 3.63) is 0 Å². The maximum atomic E-state index is 11.9. The van der Waals surface area contributed by atoms with Crippen LogP contribution in [0.4, 0.5) is 13.2 Å². The minimum absolute atomic E-state index is 0.264. The number of nitrogens with one attached hydrogen (secondary N) is 1. The third-order valence-electron chi connectivity index (χ3n) is 2.17. The van der Waals surface area contributed by atoms with Crippen molar-refractivity contribution in [1.82, 2.24) is 10.2 Å². The van der Waals surface area contributed by atoms with Crippen LogP contribution in [0.1, 0.15) is 0 Å². The van der Waals surface area contributed by atoms with E-state index in [1.807, 2.05) is 0 Å². The molecule has 0 aromatic carbocycles. The van der Waals surface area contributed by atoms with E-state index in [0.29, 0.717) is 13.1 Å². The second-order valence-electron chi connectivity index (χ2n) is 3.26. The monoisotopic (exact) mass is 198 g/mol. The summed E-state index contributed by atoms with van der Waals surface area (Å²) in [6.45, 7) is 0.828. The van der Waals surface area contributed by atoms with Gasteiger partial charge in [-0.05, 0) is 7.05 Å². The first-order valence-corrected chi connectivity index (χ1v) is 4.08. The molecular formula is C7H13F3N2O. The topological polar surface area (TPSA) is 35.5 Å². The lowest BCUT2D eigenvalue weighted by molar-refractivity contribution is -0.210. The second-order valence-corrected chi connectivity index (χ2v) is 3.26. The molecule has 0 aromatic rings. The lowest BCUT2D eigenvalue weighted by Gasteiger charge is -2.40. The van der Waals surface area contributed by atoms with E-state index in [1.165, 1.54) is 0 Å². The number of likely N-dealkylation sites (N-methyl/N-ethyl adjacent to an activating group) is 1. The molecule has 1 saturated heterocycles. The Balaban J connectivity index is 2.20. The van der Waals surface area contributed by atoms with E-state index in [1.54, 1.807) is 11.9 Å². The first-order valence-electron chi connectivity index (χ1n) is 4.08. The van der Waals surface area contributed by atoms with E-state index in [4.69, 9.17) is 5.11 Å². The van der Waals surface area contributed by atoms with E-state index in [9.17, 15) is 13.2 Å². The molecular weight excluding hydrogens is 185 g/mol. The Morgan fingerprint density at radius 1 is 1.54 bits per heavy atom. The molecule has 3 nitrogen and oxygen atoms in total. The van der Waals surface area contributed by atoms with E-state index >= 15 is 0 Å². The summed E-state index contributed by atoms with van der Waals surface area (Å²) in [6, 6.07) is 0.264. The van der Waals surface area contributed by atoms with Crippen molar-refractivity contribution < 1.29 is 18.3 Å². The highest BCUT2D eigenvalue weighted by Gasteiger charge is 2.41. The number of rotatable bonds is 3. The normalized spacial score (nSPS) is 22.8. The summed E-state index contributed by atoms with van der Waals surface area (Å²) in [5, 5.41) is 11.6. The van der Waals surface area contributed by atoms with E-state index < -0.39 is 12.3 Å². The van der Waals surface area contributed by atoms with Gasteiger partial charge in [0.1, 0.15) is 0 Å². The number of β-amino-alcohol motifs (C(OH)–C–C–N with tert-alkyl or cyclic N) is 1. The minimum Gasteiger partial charge on any atom is -0.382 e. The van der Waals surface area contributed by atoms with Gasteiger partial charge < -0.3 is 10.4 Å². The Hall–Kier alpha value is -0.330. The molecule has 0 aliphatic carbocycles. The molecule has 1 aliphatic heterocycles. The van der Waals surface area contributed by atoms with Gasteiger partial charge in [-0.25, -0.2) is 0 Å². The fourth-order valence-corrected chi connectivity index (χ4v) is 1.25. The maximum absolute atomic E-state index is 11.9. The molecule has 0 amide bonds. The van der Waals surface area contributed by atoms with Crippen LogP contribution in [-0.2, 0) is 0 Å². The van der Waals surface area contributed by atoms with Gasteiger partial charge in [-0.1, -0.05) is 0 Å². The van der Waals surface area contributed by atoms with Crippen LogP contribution in [0.25, 0.3) is 0 Å². The quantitative estimate of drug-likeness (QED) is 0.660. The van der Waals surface area contributed by atoms with Crippen LogP contribution in [-0.4, -0.2) is 55.0 Å². The van der Waals surface area contributed by atoms with E-state index in [0.717, 1.165) is 0 Å². The number of halogens is 3. The number of alkyl halides is 3. The lowest BCUT2D eigenvalue weighted by Crippen LogP contribution is -2.59. The predicted molar refractivity (Wildman–Crippen MR) is 41.3 cm³/mol. The maximum Gasteiger partial charge on any atom is 0.415 e. The first-order chi connectivity index (χ1) is 5.93. The molecule has 0 bridgehead atoms. The van der Waals surface area contributed by atoms with Crippen LogP contribution in [0, 0.1) is 0 Å². The minimum atomic E-state index is -4.50. The summed E-state index contributed by atoms with van der Waals surface area (Å²) in [7, 11) is 1.77. The van der Waals surface area contributed by atoms with Crippen LogP contribution in [0.3, 0.4) is 0 Å². The summed E-state index contributed by atoms with van der Waals surface area (Å²) in [5.74, 6) is 0. The highest BCUT2D eigenvalue weighted by atomic mass is 19.4. The summed E-state index contributed by atoms with van der Waals surface area (Å²) in [4.78, 5) is 1.57. The fourth-order valence-electron chi connectivity index (χ4n) is 1.25. The van der Waals surface area contributed by atoms with E-state index in [2.05, 4.69) is 5.32 Å². The Morgan fingerprint density at radius 2 is 2.08 bits per heavy atom. The molecule has 1 heterocycles. The fraction of sp³-hybridized carbons (Fsp3) is 1.00. The van der Waals surface area contributed by atoms with Crippen molar-refractivity contribution in [2.45, 2.75) is 18.3 Å². The summed E-state index contributed by atoms with van der Waals surface area (Å²) in [5.41, 5.74) is 0. The smallest absolute Gasteiger partial charge is 0.382 e. The molecule has 0 unspecified atom stereocenters. The third-order valence-corrected chi connectivity index (χ3v) is 2.17. The van der Waals surface area contributed by atoms with Gasteiger partial charge in [-0.15, -0.1) is 0 Å². The molecule has 0 radical (unpaired) electrons. The van der Waals surface area contributed by atoms with Crippen LogP contribution in [0.5, 0.6) is 0 Å². The summed E-state index contributed by atoms with van der Waals surface area (Å²) >= 11 is 0. The molecule has 78 valence electrons. The third kappa shape index (κ3) is 2.82. The zero-order valence-corrected chi connectivity index (χ0v) is 7.30. The second kappa shape index (κ2) is 3.81. The molecule has 1 fully saturated rings. The largest absolute Gasteiger partial charge is 0.415 e. The SMILES string of the molecule is CNC1CN(C[C@H](O)C(F)(F)F)C1. The number of hydrogen-bond acceptors (Lipinski definition) is 3. The number of likely N-dealkylation sites (tertiary alicyclic amines) is 1. The van der Waals surface area contributed by atoms with Gasteiger partial charge >= 0.3 is 6.18 Å². The van der Waals surface area contributed by atoms with Gasteiger partial charge in [0.2, 0.25) is 0 Å². The van der Waals surface area contributed by atoms with Gasteiger partial charge in [0.05, 0.1) is 0 Å². The summed E-state index contributed by atoms with van der Waals surface area (Å²) in [6.07, 6.45) is -6.71. The standard InChI is InChI=1S/C7H13F3N2O/c1-11-5-2-12(3-5)4-6(13)7(8,9)10/h5-6,11,13H,2-4H2,1H3/t6-/m0/s1. The number of nitrogens with zero attached hydrogens (tertiary/aromatic N) is 1. The van der Waals surface area contributed by atoms with Crippen molar-refractivity contribution in [1.29, 1.82) is 0 Å². The number of aliphatic hydroxyl groups excluding tert-OH is 1. The Bertz CT molecular complexity index is 168. The summed E-state index contributed by atoms with van der Waals surface area (Å²) < 4.78 is 35.6. The van der Waals surface area contributed by atoms with Crippen molar-refractivity contribution in [2.24, 2.45) is 0 Å². The van der Waals surface area contributed by atoms with Crippen LogP contribution in [0.15, 0.2) is 0 Å². The Morgan fingerprint density at radius 3 is 2.46 bits per heavy atom. The van der Waals surface area contributed by atoms with Crippen LogP contribution < -0.4 is 5.32 Å². The van der Waals surface area contributed by atoms with Gasteiger partial charge in [0.25, 0.3) is 0 Å². The predicted octanol–water partition coefficient (Wildman–Crippen LogP) is -0.187. The van der Waals surface area contributed by atoms with Crippen molar-refractivity contribution in [2.75, 3.05) is 26.7 Å². The molecule has 0 saturated carbocycles.